The molecule has 0 spiro atoms. The summed E-state index contributed by atoms with van der Waals surface area (Å²) < 4.78 is 5.32. The summed E-state index contributed by atoms with van der Waals surface area (Å²) in [6, 6.07) is 17.4. The van der Waals surface area contributed by atoms with Crippen molar-refractivity contribution in [2.24, 2.45) is 0 Å². The van der Waals surface area contributed by atoms with Crippen LogP contribution in [0.15, 0.2) is 60.2 Å². The van der Waals surface area contributed by atoms with Gasteiger partial charge in [-0.05, 0) is 37.2 Å². The van der Waals surface area contributed by atoms with Crippen LogP contribution in [0.3, 0.4) is 0 Å². The van der Waals surface area contributed by atoms with E-state index < -0.39 is 0 Å². The number of hydrogen-bond donors (Lipinski definition) is 2. The van der Waals surface area contributed by atoms with Gasteiger partial charge in [-0.2, -0.15) is 0 Å². The van der Waals surface area contributed by atoms with Gasteiger partial charge in [0, 0.05) is 0 Å². The predicted molar refractivity (Wildman–Crippen MR) is 103 cm³/mol. The summed E-state index contributed by atoms with van der Waals surface area (Å²) in [6.07, 6.45) is 0. The van der Waals surface area contributed by atoms with Gasteiger partial charge in [0.15, 0.2) is 5.11 Å². The summed E-state index contributed by atoms with van der Waals surface area (Å²) in [4.78, 5) is 12.7. The van der Waals surface area contributed by atoms with Crippen molar-refractivity contribution in [3.63, 3.8) is 0 Å². The highest BCUT2D eigenvalue weighted by molar-refractivity contribution is 7.80. The molecule has 5 heteroatoms. The Kier molecular flexibility index (Phi) is 5.14. The third-order valence-electron chi connectivity index (χ3n) is 4.04. The van der Waals surface area contributed by atoms with Crippen LogP contribution in [0.2, 0.25) is 0 Å². The van der Waals surface area contributed by atoms with E-state index in [1.165, 1.54) is 0 Å². The van der Waals surface area contributed by atoms with E-state index in [0.717, 1.165) is 16.7 Å². The Balaban J connectivity index is 2.16. The van der Waals surface area contributed by atoms with Crippen LogP contribution >= 0.6 is 12.2 Å². The molecule has 128 valence electrons. The minimum Gasteiger partial charge on any atom is -0.463 e. The van der Waals surface area contributed by atoms with Crippen molar-refractivity contribution < 1.29 is 9.53 Å². The first kappa shape index (κ1) is 17.2. The molecule has 2 N–H and O–H groups in total. The molecule has 1 aliphatic heterocycles. The second-order valence-corrected chi connectivity index (χ2v) is 6.23. The molecule has 0 saturated heterocycles. The number of carbonyl (C=O) groups is 1. The lowest BCUT2D eigenvalue weighted by Gasteiger charge is -2.31. The highest BCUT2D eigenvalue weighted by Gasteiger charge is 2.32. The lowest BCUT2D eigenvalue weighted by molar-refractivity contribution is -0.138. The molecule has 1 unspecified atom stereocenters. The summed E-state index contributed by atoms with van der Waals surface area (Å²) in [5.74, 6) is -0.352. The normalized spacial score (nSPS) is 16.9. The molecule has 0 bridgehead atoms. The van der Waals surface area contributed by atoms with Crippen LogP contribution in [0.1, 0.15) is 29.7 Å². The molecular formula is C20H20N2O2S. The Morgan fingerprint density at radius 3 is 2.44 bits per heavy atom. The lowest BCUT2D eigenvalue weighted by atomic mass is 9.92. The van der Waals surface area contributed by atoms with Crippen molar-refractivity contribution in [2.75, 3.05) is 6.61 Å². The van der Waals surface area contributed by atoms with Gasteiger partial charge >= 0.3 is 5.97 Å². The molecule has 0 amide bonds. The van der Waals surface area contributed by atoms with Crippen LogP contribution in [-0.2, 0) is 9.53 Å². The zero-order valence-corrected chi connectivity index (χ0v) is 15.0. The highest BCUT2D eigenvalue weighted by Crippen LogP contribution is 2.32. The molecule has 2 aromatic rings. The minimum atomic E-state index is -0.358. The Hall–Kier alpha value is -2.66. The van der Waals surface area contributed by atoms with Crippen molar-refractivity contribution in [3.8, 4) is 0 Å². The number of carbonyl (C=O) groups excluding carboxylic acids is 1. The Bertz CT molecular complexity index is 813. The third kappa shape index (κ3) is 3.72. The molecule has 3 rings (SSSR count). The summed E-state index contributed by atoms with van der Waals surface area (Å²) in [5, 5.41) is 6.82. The van der Waals surface area contributed by atoms with Crippen molar-refractivity contribution in [2.45, 2.75) is 19.9 Å². The van der Waals surface area contributed by atoms with E-state index in [9.17, 15) is 4.79 Å². The number of nitrogens with one attached hydrogen (secondary N) is 2. The predicted octanol–water partition coefficient (Wildman–Crippen LogP) is 3.49. The van der Waals surface area contributed by atoms with Gasteiger partial charge in [0.2, 0.25) is 0 Å². The first-order valence-electron chi connectivity index (χ1n) is 8.21. The number of benzene rings is 2. The Morgan fingerprint density at radius 2 is 1.80 bits per heavy atom. The zero-order valence-electron chi connectivity index (χ0n) is 14.2. The maximum absolute atomic E-state index is 12.7. The number of thiocarbonyl (C=S) groups is 1. The number of esters is 1. The molecule has 1 aliphatic rings. The molecule has 0 aromatic heterocycles. The van der Waals surface area contributed by atoms with E-state index in [0.29, 0.717) is 23.0 Å². The number of aryl methyl sites for hydroxylation is 1. The van der Waals surface area contributed by atoms with Gasteiger partial charge in [0.1, 0.15) is 0 Å². The van der Waals surface area contributed by atoms with Crippen molar-refractivity contribution in [1.82, 2.24) is 10.6 Å². The molecule has 2 aromatic carbocycles. The molecule has 0 fully saturated rings. The third-order valence-corrected chi connectivity index (χ3v) is 4.26. The van der Waals surface area contributed by atoms with Crippen LogP contribution in [0, 0.1) is 6.92 Å². The van der Waals surface area contributed by atoms with Gasteiger partial charge in [-0.25, -0.2) is 4.79 Å². The highest BCUT2D eigenvalue weighted by atomic mass is 32.1. The Morgan fingerprint density at radius 1 is 1.12 bits per heavy atom. The van der Waals surface area contributed by atoms with Gasteiger partial charge < -0.3 is 15.4 Å². The second-order valence-electron chi connectivity index (χ2n) is 5.82. The number of hydrogen-bond acceptors (Lipinski definition) is 3. The molecule has 0 saturated carbocycles. The van der Waals surface area contributed by atoms with Gasteiger partial charge in [-0.3, -0.25) is 0 Å². The first-order chi connectivity index (χ1) is 12.1. The van der Waals surface area contributed by atoms with Crippen LogP contribution in [0.5, 0.6) is 0 Å². The average Bonchev–Trinajstić information content (AvgIpc) is 2.62. The first-order valence-corrected chi connectivity index (χ1v) is 8.61. The van der Waals surface area contributed by atoms with Crippen LogP contribution in [0.4, 0.5) is 0 Å². The maximum atomic E-state index is 12.7. The number of rotatable bonds is 4. The fourth-order valence-electron chi connectivity index (χ4n) is 2.83. The molecule has 0 radical (unpaired) electrons. The fourth-order valence-corrected chi connectivity index (χ4v) is 3.05. The van der Waals surface area contributed by atoms with Crippen LogP contribution in [-0.4, -0.2) is 17.7 Å². The smallest absolute Gasteiger partial charge is 0.338 e. The molecule has 0 aliphatic carbocycles. The largest absolute Gasteiger partial charge is 0.463 e. The average molecular weight is 352 g/mol. The van der Waals surface area contributed by atoms with E-state index in [1.807, 2.05) is 61.5 Å². The fraction of sp³-hybridized carbons (Fsp3) is 0.200. The van der Waals surface area contributed by atoms with Crippen LogP contribution < -0.4 is 10.6 Å². The molecule has 25 heavy (non-hydrogen) atoms. The van der Waals surface area contributed by atoms with Crippen LogP contribution in [0.25, 0.3) is 5.70 Å². The van der Waals surface area contributed by atoms with E-state index in [-0.39, 0.29) is 12.0 Å². The zero-order chi connectivity index (χ0) is 17.8. The summed E-state index contributed by atoms with van der Waals surface area (Å²) in [5.41, 5.74) is 4.24. The van der Waals surface area contributed by atoms with Gasteiger partial charge in [-0.15, -0.1) is 0 Å². The molecule has 1 heterocycles. The Labute approximate surface area is 152 Å². The molecular weight excluding hydrogens is 332 g/mol. The quantitative estimate of drug-likeness (QED) is 0.652. The summed E-state index contributed by atoms with van der Waals surface area (Å²) in [7, 11) is 0. The van der Waals surface area contributed by atoms with Gasteiger partial charge in [0.05, 0.1) is 23.9 Å². The lowest BCUT2D eigenvalue weighted by Crippen LogP contribution is -2.45. The monoisotopic (exact) mass is 352 g/mol. The van der Waals surface area contributed by atoms with Gasteiger partial charge in [0.25, 0.3) is 0 Å². The van der Waals surface area contributed by atoms with E-state index >= 15 is 0 Å². The maximum Gasteiger partial charge on any atom is 0.338 e. The van der Waals surface area contributed by atoms with Crippen molar-refractivity contribution in [1.29, 1.82) is 0 Å². The van der Waals surface area contributed by atoms with E-state index in [4.69, 9.17) is 17.0 Å². The summed E-state index contributed by atoms with van der Waals surface area (Å²) in [6.45, 7) is 4.15. The molecule has 1 atom stereocenters. The van der Waals surface area contributed by atoms with E-state index in [2.05, 4.69) is 10.6 Å². The standard InChI is InChI=1S/C20H20N2O2S/c1-3-24-19(23)16-17(14-7-5-4-6-8-14)21-20(25)22-18(16)15-11-9-13(2)10-12-15/h4-12,18H,3H2,1-2H3,(H2,21,22,25). The topological polar surface area (TPSA) is 50.4 Å². The van der Waals surface area contributed by atoms with Gasteiger partial charge in [-0.1, -0.05) is 60.2 Å². The SMILES string of the molecule is CCOC(=O)C1=C(c2ccccc2)NC(=S)NC1c1ccc(C)cc1. The minimum absolute atomic E-state index is 0.315. The summed E-state index contributed by atoms with van der Waals surface area (Å²) >= 11 is 5.38. The van der Waals surface area contributed by atoms with E-state index in [1.54, 1.807) is 6.92 Å². The second kappa shape index (κ2) is 7.49. The van der Waals surface area contributed by atoms with Crippen molar-refractivity contribution >= 4 is 29.0 Å². The molecule has 4 nitrogen and oxygen atoms in total. The number of ether oxygens (including phenoxy) is 1. The van der Waals surface area contributed by atoms with Crippen molar-refractivity contribution in [3.05, 3.63) is 76.9 Å².